The van der Waals surface area contributed by atoms with Crippen LogP contribution in [0, 0.1) is 17.8 Å². The minimum Gasteiger partial charge on any atom is -0.356 e. The van der Waals surface area contributed by atoms with Crippen LogP contribution in [0.5, 0.6) is 0 Å². The van der Waals surface area contributed by atoms with Crippen molar-refractivity contribution in [2.45, 2.75) is 50.7 Å². The molecule has 0 radical (unpaired) electrons. The molecular formula is C13H21F3N2O. The highest BCUT2D eigenvalue weighted by atomic mass is 19.4. The van der Waals surface area contributed by atoms with Gasteiger partial charge in [0.05, 0.1) is 5.92 Å². The van der Waals surface area contributed by atoms with Crippen molar-refractivity contribution in [3.8, 4) is 0 Å². The van der Waals surface area contributed by atoms with Gasteiger partial charge in [0.1, 0.15) is 0 Å². The van der Waals surface area contributed by atoms with Crippen molar-refractivity contribution in [2.24, 2.45) is 23.5 Å². The summed E-state index contributed by atoms with van der Waals surface area (Å²) in [5.74, 6) is -1.10. The summed E-state index contributed by atoms with van der Waals surface area (Å²) in [4.78, 5) is 11.9. The largest absolute Gasteiger partial charge is 0.391 e. The van der Waals surface area contributed by atoms with Crippen molar-refractivity contribution >= 4 is 5.91 Å². The first-order chi connectivity index (χ1) is 8.86. The molecule has 2 rings (SSSR count). The van der Waals surface area contributed by atoms with E-state index >= 15 is 0 Å². The number of hydrogen-bond acceptors (Lipinski definition) is 2. The Labute approximate surface area is 111 Å². The summed E-state index contributed by atoms with van der Waals surface area (Å²) in [5.41, 5.74) is 5.65. The Morgan fingerprint density at radius 3 is 2.21 bits per heavy atom. The number of rotatable bonds is 3. The Kier molecular flexibility index (Phi) is 4.38. The number of carbonyl (C=O) groups is 1. The average molecular weight is 278 g/mol. The maximum Gasteiger partial charge on any atom is 0.391 e. The van der Waals surface area contributed by atoms with E-state index in [2.05, 4.69) is 5.32 Å². The van der Waals surface area contributed by atoms with Gasteiger partial charge in [-0.05, 0) is 44.4 Å². The third kappa shape index (κ3) is 3.84. The first-order valence-corrected chi connectivity index (χ1v) is 6.96. The summed E-state index contributed by atoms with van der Waals surface area (Å²) in [6.45, 7) is 0.617. The van der Waals surface area contributed by atoms with Crippen molar-refractivity contribution < 1.29 is 18.0 Å². The smallest absolute Gasteiger partial charge is 0.356 e. The predicted octanol–water partition coefficient (Wildman–Crippen LogP) is 2.21. The van der Waals surface area contributed by atoms with Gasteiger partial charge in [-0.2, -0.15) is 13.2 Å². The average Bonchev–Trinajstić information content (AvgIpc) is 2.32. The highest BCUT2D eigenvalue weighted by Crippen LogP contribution is 2.39. The van der Waals surface area contributed by atoms with Gasteiger partial charge in [-0.3, -0.25) is 4.79 Å². The second kappa shape index (κ2) is 5.69. The maximum absolute atomic E-state index is 12.5. The van der Waals surface area contributed by atoms with Gasteiger partial charge in [0.2, 0.25) is 5.91 Å². The molecule has 0 spiro atoms. The molecule has 0 bridgehead atoms. The van der Waals surface area contributed by atoms with Gasteiger partial charge >= 0.3 is 6.18 Å². The number of alkyl halides is 3. The summed E-state index contributed by atoms with van der Waals surface area (Å²) in [7, 11) is 0. The Balaban J connectivity index is 1.67. The Bertz CT molecular complexity index is 318. The monoisotopic (exact) mass is 278 g/mol. The topological polar surface area (TPSA) is 55.1 Å². The normalized spacial score (nSPS) is 35.6. The Hall–Kier alpha value is -0.780. The van der Waals surface area contributed by atoms with Crippen molar-refractivity contribution in [1.82, 2.24) is 5.32 Å². The van der Waals surface area contributed by atoms with E-state index in [9.17, 15) is 18.0 Å². The molecule has 0 atom stereocenters. The number of nitrogens with two attached hydrogens (primary N) is 1. The van der Waals surface area contributed by atoms with Gasteiger partial charge in [0.15, 0.2) is 0 Å². The maximum atomic E-state index is 12.5. The van der Waals surface area contributed by atoms with E-state index in [1.54, 1.807) is 0 Å². The lowest BCUT2D eigenvalue weighted by molar-refractivity contribution is -0.184. The Morgan fingerprint density at radius 1 is 1.16 bits per heavy atom. The van der Waals surface area contributed by atoms with E-state index in [1.165, 1.54) is 0 Å². The van der Waals surface area contributed by atoms with E-state index < -0.39 is 12.1 Å². The van der Waals surface area contributed by atoms with E-state index in [0.717, 1.165) is 12.8 Å². The summed E-state index contributed by atoms with van der Waals surface area (Å²) in [5, 5.41) is 2.85. The fourth-order valence-corrected chi connectivity index (χ4v) is 3.03. The van der Waals surface area contributed by atoms with Crippen LogP contribution >= 0.6 is 0 Å². The first kappa shape index (κ1) is 14.6. The molecule has 2 aliphatic rings. The molecule has 0 heterocycles. The standard InChI is InChI=1S/C13H21F3N2O/c14-13(15,16)10-3-1-9(2-4-10)12(19)18-7-8-5-11(17)6-8/h8-11H,1-7,17H2,(H,18,19). The van der Waals surface area contributed by atoms with E-state index in [-0.39, 0.29) is 30.7 Å². The number of nitrogens with one attached hydrogen (secondary N) is 1. The zero-order valence-electron chi connectivity index (χ0n) is 10.9. The molecule has 0 saturated heterocycles. The lowest BCUT2D eigenvalue weighted by Crippen LogP contribution is -2.44. The molecule has 1 amide bonds. The molecule has 0 aromatic heterocycles. The molecule has 110 valence electrons. The quantitative estimate of drug-likeness (QED) is 0.831. The molecule has 19 heavy (non-hydrogen) atoms. The molecule has 3 N–H and O–H groups in total. The summed E-state index contributed by atoms with van der Waals surface area (Å²) < 4.78 is 37.5. The zero-order valence-corrected chi connectivity index (χ0v) is 10.9. The van der Waals surface area contributed by atoms with Crippen molar-refractivity contribution in [1.29, 1.82) is 0 Å². The van der Waals surface area contributed by atoms with Crippen LogP contribution in [0.15, 0.2) is 0 Å². The SMILES string of the molecule is NC1CC(CNC(=O)C2CCC(C(F)(F)F)CC2)C1. The van der Waals surface area contributed by atoms with Crippen LogP contribution in [-0.2, 0) is 4.79 Å². The third-order valence-electron chi connectivity index (χ3n) is 4.40. The highest BCUT2D eigenvalue weighted by molar-refractivity contribution is 5.78. The molecule has 3 nitrogen and oxygen atoms in total. The van der Waals surface area contributed by atoms with Gasteiger partial charge in [0.25, 0.3) is 0 Å². The van der Waals surface area contributed by atoms with E-state index in [1.807, 2.05) is 0 Å². The van der Waals surface area contributed by atoms with Crippen molar-refractivity contribution in [2.75, 3.05) is 6.54 Å². The van der Waals surface area contributed by atoms with Crippen molar-refractivity contribution in [3.63, 3.8) is 0 Å². The van der Waals surface area contributed by atoms with Crippen LogP contribution < -0.4 is 11.1 Å². The summed E-state index contributed by atoms with van der Waals surface area (Å²) in [6, 6.07) is 0.254. The number of carbonyl (C=O) groups excluding carboxylic acids is 1. The third-order valence-corrected chi connectivity index (χ3v) is 4.40. The number of amides is 1. The predicted molar refractivity (Wildman–Crippen MR) is 65.2 cm³/mol. The summed E-state index contributed by atoms with van der Waals surface area (Å²) in [6.07, 6.45) is -1.39. The lowest BCUT2D eigenvalue weighted by Gasteiger charge is -2.33. The van der Waals surface area contributed by atoms with Crippen LogP contribution in [-0.4, -0.2) is 24.7 Å². The van der Waals surface area contributed by atoms with E-state index in [0.29, 0.717) is 25.3 Å². The minimum atomic E-state index is -4.11. The van der Waals surface area contributed by atoms with Crippen LogP contribution in [0.1, 0.15) is 38.5 Å². The summed E-state index contributed by atoms with van der Waals surface area (Å²) >= 11 is 0. The fraction of sp³-hybridized carbons (Fsp3) is 0.923. The van der Waals surface area contributed by atoms with Gasteiger partial charge in [-0.1, -0.05) is 0 Å². The van der Waals surface area contributed by atoms with Crippen LogP contribution in [0.2, 0.25) is 0 Å². The highest BCUT2D eigenvalue weighted by Gasteiger charge is 2.42. The molecule has 2 aliphatic carbocycles. The van der Waals surface area contributed by atoms with Gasteiger partial charge in [0, 0.05) is 18.5 Å². The minimum absolute atomic E-state index is 0.0793. The van der Waals surface area contributed by atoms with Gasteiger partial charge in [-0.15, -0.1) is 0 Å². The molecule has 0 aliphatic heterocycles. The van der Waals surface area contributed by atoms with E-state index in [4.69, 9.17) is 5.73 Å². The second-order valence-electron chi connectivity index (χ2n) is 5.93. The fourth-order valence-electron chi connectivity index (χ4n) is 3.03. The van der Waals surface area contributed by atoms with Crippen LogP contribution in [0.4, 0.5) is 13.2 Å². The molecule has 0 aromatic rings. The van der Waals surface area contributed by atoms with Gasteiger partial charge in [-0.25, -0.2) is 0 Å². The molecule has 0 aromatic carbocycles. The number of halogens is 3. The van der Waals surface area contributed by atoms with Crippen molar-refractivity contribution in [3.05, 3.63) is 0 Å². The molecule has 2 saturated carbocycles. The second-order valence-corrected chi connectivity index (χ2v) is 5.93. The van der Waals surface area contributed by atoms with Crippen LogP contribution in [0.25, 0.3) is 0 Å². The Morgan fingerprint density at radius 2 is 1.74 bits per heavy atom. The van der Waals surface area contributed by atoms with Crippen LogP contribution in [0.3, 0.4) is 0 Å². The first-order valence-electron chi connectivity index (χ1n) is 6.96. The molecule has 0 unspecified atom stereocenters. The number of hydrogen-bond donors (Lipinski definition) is 2. The molecule has 2 fully saturated rings. The lowest BCUT2D eigenvalue weighted by atomic mass is 9.79. The van der Waals surface area contributed by atoms with Gasteiger partial charge < -0.3 is 11.1 Å². The molecular weight excluding hydrogens is 257 g/mol. The zero-order chi connectivity index (χ0) is 14.0. The molecule has 6 heteroatoms.